The third kappa shape index (κ3) is 2.03. The van der Waals surface area contributed by atoms with Gasteiger partial charge in [0, 0.05) is 12.1 Å². The van der Waals surface area contributed by atoms with Gasteiger partial charge in [-0.15, -0.1) is 0 Å². The fourth-order valence-electron chi connectivity index (χ4n) is 2.39. The van der Waals surface area contributed by atoms with Gasteiger partial charge in [0.2, 0.25) is 0 Å². The molecule has 0 saturated heterocycles. The van der Waals surface area contributed by atoms with Gasteiger partial charge in [0.25, 0.3) is 0 Å². The smallest absolute Gasteiger partial charge is 0.199 e. The fourth-order valence-corrected chi connectivity index (χ4v) is 2.39. The van der Waals surface area contributed by atoms with Crippen molar-refractivity contribution in [3.63, 3.8) is 0 Å². The van der Waals surface area contributed by atoms with Crippen molar-refractivity contribution in [2.45, 2.75) is 33.7 Å². The van der Waals surface area contributed by atoms with Gasteiger partial charge in [0.15, 0.2) is 12.3 Å². The van der Waals surface area contributed by atoms with Crippen LogP contribution in [0.25, 0.3) is 0 Å². The maximum atomic E-state index is 2.49. The van der Waals surface area contributed by atoms with Crippen LogP contribution in [0.15, 0.2) is 12.1 Å². The Kier molecular flexibility index (Phi) is 4.14. The van der Waals surface area contributed by atoms with Gasteiger partial charge < -0.3 is 21.5 Å². The van der Waals surface area contributed by atoms with Gasteiger partial charge >= 0.3 is 0 Å². The highest BCUT2D eigenvalue weighted by Crippen LogP contribution is 2.15. The summed E-state index contributed by atoms with van der Waals surface area (Å²) in [6.45, 7) is 10.1. The number of rotatable bonds is 2. The monoisotopic (exact) mass is 270 g/mol. The summed E-state index contributed by atoms with van der Waals surface area (Å²) in [5.41, 5.74) is 4.33. The maximum Gasteiger partial charge on any atom is 0.199 e. The second kappa shape index (κ2) is 4.97. The van der Waals surface area contributed by atoms with Crippen LogP contribution < -0.4 is 17.0 Å². The molecule has 0 atom stereocenters. The minimum absolute atomic E-state index is 0. The van der Waals surface area contributed by atoms with Crippen LogP contribution in [0.5, 0.6) is 0 Å². The highest BCUT2D eigenvalue weighted by atomic mass is 79.9. The number of aryl methyl sites for hydroxylation is 1. The molecule has 1 aromatic heterocycles. The number of hydrogen-bond donors (Lipinski definition) is 0. The third-order valence-corrected chi connectivity index (χ3v) is 3.19. The molecule has 0 N–H and O–H groups in total. The summed E-state index contributed by atoms with van der Waals surface area (Å²) in [5, 5.41) is 0. The zero-order valence-electron chi connectivity index (χ0n) is 9.76. The van der Waals surface area contributed by atoms with Crippen molar-refractivity contribution < 1.29 is 21.6 Å². The first kappa shape index (κ1) is 12.5. The summed E-state index contributed by atoms with van der Waals surface area (Å²) in [6, 6.07) is 4.49. The van der Waals surface area contributed by atoms with E-state index in [0.717, 1.165) is 19.5 Å². The molecule has 0 radical (unpaired) electrons. The van der Waals surface area contributed by atoms with E-state index >= 15 is 0 Å². The maximum absolute atomic E-state index is 2.49. The molecule has 3 heteroatoms. The summed E-state index contributed by atoms with van der Waals surface area (Å²) >= 11 is 0. The molecule has 1 aliphatic rings. The first-order valence-electron chi connectivity index (χ1n) is 5.55. The highest BCUT2D eigenvalue weighted by molar-refractivity contribution is 5.95. The Bertz CT molecular complexity index is 377. The van der Waals surface area contributed by atoms with E-state index in [1.54, 1.807) is 0 Å². The van der Waals surface area contributed by atoms with Crippen LogP contribution in [0.2, 0.25) is 0 Å². The molecule has 0 fully saturated rings. The van der Waals surface area contributed by atoms with Gasteiger partial charge in [-0.3, -0.25) is 0 Å². The van der Waals surface area contributed by atoms with Gasteiger partial charge in [0.1, 0.15) is 12.2 Å². The second-order valence-electron chi connectivity index (χ2n) is 3.89. The summed E-state index contributed by atoms with van der Waals surface area (Å²) in [6.07, 6.45) is 1.14. The van der Waals surface area contributed by atoms with Crippen molar-refractivity contribution in [3.8, 4) is 0 Å². The molecule has 2 rings (SSSR count). The first-order valence-corrected chi connectivity index (χ1v) is 5.55. The van der Waals surface area contributed by atoms with E-state index in [2.05, 4.69) is 42.0 Å². The Balaban J connectivity index is 0.00000112. The van der Waals surface area contributed by atoms with Crippen LogP contribution >= 0.6 is 0 Å². The Morgan fingerprint density at radius 2 is 2.07 bits per heavy atom. The molecule has 84 valence electrons. The standard InChI is InChI=1S/C12H19N2.BrH/c1-4-11-12-7-6-10(3)14(12)9-8-13(11)5-2;/h6-7H,4-5,8-9H2,1-3H3;1H/q+1;/p-1. The van der Waals surface area contributed by atoms with E-state index < -0.39 is 0 Å². The van der Waals surface area contributed by atoms with Crippen molar-refractivity contribution >= 4 is 5.71 Å². The molecule has 0 amide bonds. The normalized spacial score (nSPS) is 14.9. The number of aromatic nitrogens is 1. The number of halogens is 1. The predicted molar refractivity (Wildman–Crippen MR) is 59.2 cm³/mol. The summed E-state index contributed by atoms with van der Waals surface area (Å²) in [5.74, 6) is 0. The molecule has 1 aromatic rings. The molecule has 1 aliphatic heterocycles. The van der Waals surface area contributed by atoms with Crippen molar-refractivity contribution in [3.05, 3.63) is 23.5 Å². The molecule has 0 aliphatic carbocycles. The molecule has 0 aromatic carbocycles. The van der Waals surface area contributed by atoms with Crippen LogP contribution in [-0.4, -0.2) is 27.9 Å². The van der Waals surface area contributed by atoms with E-state index in [1.807, 2.05) is 0 Å². The lowest BCUT2D eigenvalue weighted by molar-refractivity contribution is -0.529. The minimum Gasteiger partial charge on any atom is -1.00 e. The Hall–Kier alpha value is -0.570. The van der Waals surface area contributed by atoms with Gasteiger partial charge in [-0.2, -0.15) is 0 Å². The Morgan fingerprint density at radius 3 is 2.67 bits per heavy atom. The van der Waals surface area contributed by atoms with Crippen molar-refractivity contribution in [1.82, 2.24) is 4.57 Å². The highest BCUT2D eigenvalue weighted by Gasteiger charge is 2.23. The molecule has 0 unspecified atom stereocenters. The number of nitrogens with zero attached hydrogens (tertiary/aromatic N) is 2. The Labute approximate surface area is 102 Å². The van der Waals surface area contributed by atoms with E-state index in [1.165, 1.54) is 23.6 Å². The Morgan fingerprint density at radius 1 is 1.33 bits per heavy atom. The molecular weight excluding hydrogens is 252 g/mol. The van der Waals surface area contributed by atoms with Gasteiger partial charge in [-0.25, -0.2) is 4.58 Å². The lowest BCUT2D eigenvalue weighted by Crippen LogP contribution is -3.00. The number of hydrogen-bond acceptors (Lipinski definition) is 0. The summed E-state index contributed by atoms with van der Waals surface area (Å²) in [4.78, 5) is 0. The lowest BCUT2D eigenvalue weighted by atomic mass is 10.1. The van der Waals surface area contributed by atoms with Crippen LogP contribution in [-0.2, 0) is 6.54 Å². The van der Waals surface area contributed by atoms with E-state index in [0.29, 0.717) is 0 Å². The minimum atomic E-state index is 0. The van der Waals surface area contributed by atoms with Crippen molar-refractivity contribution in [2.75, 3.05) is 13.1 Å². The molecule has 0 bridgehead atoms. The summed E-state index contributed by atoms with van der Waals surface area (Å²) in [7, 11) is 0. The third-order valence-electron chi connectivity index (χ3n) is 3.19. The van der Waals surface area contributed by atoms with Crippen LogP contribution in [0.3, 0.4) is 0 Å². The average molecular weight is 271 g/mol. The molecule has 2 heterocycles. The molecule has 0 saturated carbocycles. The number of fused-ring (bicyclic) bond motifs is 1. The SMILES string of the molecule is CCC1=[N+](CC)CCn2c(C)ccc21.[Br-]. The van der Waals surface area contributed by atoms with Gasteiger partial charge in [-0.1, -0.05) is 6.92 Å². The first-order chi connectivity index (χ1) is 6.77. The van der Waals surface area contributed by atoms with E-state index in [9.17, 15) is 0 Å². The lowest BCUT2D eigenvalue weighted by Gasteiger charge is -2.18. The van der Waals surface area contributed by atoms with Crippen LogP contribution in [0, 0.1) is 6.92 Å². The predicted octanol–water partition coefficient (Wildman–Crippen LogP) is -0.954. The van der Waals surface area contributed by atoms with E-state index in [-0.39, 0.29) is 17.0 Å². The molecular formula is C12H19BrN2. The number of likely N-dealkylation sites (N-methyl/N-ethyl adjacent to an activating group) is 1. The van der Waals surface area contributed by atoms with Gasteiger partial charge in [-0.05, 0) is 26.0 Å². The van der Waals surface area contributed by atoms with Crippen molar-refractivity contribution in [1.29, 1.82) is 0 Å². The average Bonchev–Trinajstić information content (AvgIpc) is 2.59. The second-order valence-corrected chi connectivity index (χ2v) is 3.89. The molecule has 15 heavy (non-hydrogen) atoms. The topological polar surface area (TPSA) is 7.94 Å². The van der Waals surface area contributed by atoms with Crippen LogP contribution in [0.4, 0.5) is 0 Å². The summed E-state index contributed by atoms with van der Waals surface area (Å²) < 4.78 is 4.93. The largest absolute Gasteiger partial charge is 1.00 e. The van der Waals surface area contributed by atoms with Crippen LogP contribution in [0.1, 0.15) is 31.7 Å². The van der Waals surface area contributed by atoms with E-state index in [4.69, 9.17) is 0 Å². The molecule has 2 nitrogen and oxygen atoms in total. The zero-order valence-corrected chi connectivity index (χ0v) is 11.3. The van der Waals surface area contributed by atoms with Crippen molar-refractivity contribution in [2.24, 2.45) is 0 Å². The zero-order chi connectivity index (χ0) is 10.1. The van der Waals surface area contributed by atoms with Gasteiger partial charge in [0.05, 0.1) is 6.54 Å². The molecule has 0 spiro atoms. The quantitative estimate of drug-likeness (QED) is 0.613. The fraction of sp³-hybridized carbons (Fsp3) is 0.583.